The molecule has 3 rings (SSSR count). The number of phenolic OH excluding ortho intramolecular Hbond substituents is 1. The normalized spacial score (nSPS) is 13.9. The number of phenols is 1. The smallest absolute Gasteiger partial charge is 0.328 e. The first-order chi connectivity index (χ1) is 20.0. The summed E-state index contributed by atoms with van der Waals surface area (Å²) in [5, 5.41) is 36.1. The van der Waals surface area contributed by atoms with Crippen molar-refractivity contribution in [3.63, 3.8) is 0 Å². The van der Waals surface area contributed by atoms with E-state index in [1.807, 2.05) is 24.3 Å². The van der Waals surface area contributed by atoms with Crippen molar-refractivity contribution in [2.75, 3.05) is 6.61 Å². The summed E-state index contributed by atoms with van der Waals surface area (Å²) in [7, 11) is 0. The van der Waals surface area contributed by atoms with Gasteiger partial charge in [-0.05, 0) is 42.2 Å². The summed E-state index contributed by atoms with van der Waals surface area (Å²) in [6.07, 6.45) is 1.25. The maximum Gasteiger partial charge on any atom is 0.328 e. The second-order valence-electron chi connectivity index (χ2n) is 9.75. The average molecular weight is 583 g/mol. The Bertz CT molecular complexity index is 1420. The van der Waals surface area contributed by atoms with Crippen LogP contribution in [0.1, 0.15) is 24.0 Å². The Morgan fingerprint density at radius 3 is 2.10 bits per heavy atom. The third-order valence-electron chi connectivity index (χ3n) is 6.57. The lowest BCUT2D eigenvalue weighted by Gasteiger charge is -2.25. The Morgan fingerprint density at radius 1 is 0.833 bits per heavy atom. The zero-order valence-electron chi connectivity index (χ0n) is 22.6. The van der Waals surface area contributed by atoms with Crippen molar-refractivity contribution in [1.29, 1.82) is 0 Å². The molecule has 1 heterocycles. The number of aromatic nitrogens is 1. The van der Waals surface area contributed by atoms with Crippen LogP contribution in [0.5, 0.6) is 5.75 Å². The Labute approximate surface area is 240 Å². The van der Waals surface area contributed by atoms with Gasteiger partial charge in [0.1, 0.15) is 23.9 Å². The highest BCUT2D eigenvalue weighted by atomic mass is 16.4. The van der Waals surface area contributed by atoms with Crippen LogP contribution < -0.4 is 27.4 Å². The summed E-state index contributed by atoms with van der Waals surface area (Å²) in [5.74, 6) is -4.73. The van der Waals surface area contributed by atoms with Gasteiger partial charge in [-0.25, -0.2) is 4.79 Å². The van der Waals surface area contributed by atoms with Crippen LogP contribution in [0.15, 0.2) is 54.7 Å². The number of para-hydroxylation sites is 1. The van der Waals surface area contributed by atoms with Gasteiger partial charge in [-0.3, -0.25) is 19.2 Å². The van der Waals surface area contributed by atoms with Crippen molar-refractivity contribution >= 4 is 40.5 Å². The first kappa shape index (κ1) is 31.6. The van der Waals surface area contributed by atoms with Crippen molar-refractivity contribution in [3.8, 4) is 5.75 Å². The fourth-order valence-corrected chi connectivity index (χ4v) is 4.27. The predicted molar refractivity (Wildman–Crippen MR) is 151 cm³/mol. The highest BCUT2D eigenvalue weighted by molar-refractivity contribution is 5.95. The molecule has 0 spiro atoms. The standard InChI is InChI=1S/C28H34N6O8/c29-19(12-16-13-31-20-4-2-1-3-18(16)20)25(38)33-22(11-15-5-7-17(36)8-6-15)27(40)32-21(9-10-24(30)37)26(39)34-23(14-35)28(41)42/h1-8,13,19,21-23,31,35-36H,9-12,14,29H2,(H2,30,37)(H,32,40)(H,33,38)(H,34,39)(H,41,42). The van der Waals surface area contributed by atoms with Gasteiger partial charge in [-0.15, -0.1) is 0 Å². The number of nitrogens with two attached hydrogens (primary N) is 2. The summed E-state index contributed by atoms with van der Waals surface area (Å²) in [6, 6.07) is 8.01. The topological polar surface area (TPSA) is 250 Å². The maximum absolute atomic E-state index is 13.4. The molecule has 224 valence electrons. The number of aliphatic hydroxyl groups excluding tert-OH is 1. The number of fused-ring (bicyclic) bond motifs is 1. The van der Waals surface area contributed by atoms with E-state index in [2.05, 4.69) is 20.9 Å². The number of aromatic amines is 1. The fraction of sp³-hybridized carbons (Fsp3) is 0.321. The molecule has 1 aromatic heterocycles. The van der Waals surface area contributed by atoms with Crippen LogP contribution in [0, 0.1) is 0 Å². The number of benzene rings is 2. The number of nitrogens with one attached hydrogen (secondary N) is 4. The van der Waals surface area contributed by atoms with E-state index in [9.17, 15) is 34.2 Å². The second kappa shape index (κ2) is 14.6. The van der Waals surface area contributed by atoms with E-state index in [1.165, 1.54) is 12.1 Å². The number of aromatic hydroxyl groups is 1. The Kier molecular flexibility index (Phi) is 11.0. The molecule has 0 saturated carbocycles. The monoisotopic (exact) mass is 582 g/mol. The number of aliphatic hydroxyl groups is 1. The van der Waals surface area contributed by atoms with E-state index in [1.54, 1.807) is 18.3 Å². The number of carboxylic acids is 1. The van der Waals surface area contributed by atoms with Gasteiger partial charge < -0.3 is 47.7 Å². The third-order valence-corrected chi connectivity index (χ3v) is 6.57. The highest BCUT2D eigenvalue weighted by Crippen LogP contribution is 2.19. The van der Waals surface area contributed by atoms with E-state index in [0.717, 1.165) is 16.5 Å². The Balaban J connectivity index is 1.79. The SMILES string of the molecule is NC(=O)CCC(NC(=O)C(Cc1ccc(O)cc1)NC(=O)C(N)Cc1c[nH]c2ccccc12)C(=O)NC(CO)C(=O)O. The number of carbonyl (C=O) groups is 5. The van der Waals surface area contributed by atoms with E-state index in [4.69, 9.17) is 16.6 Å². The van der Waals surface area contributed by atoms with Crippen LogP contribution in [-0.4, -0.2) is 80.7 Å². The molecule has 14 heteroatoms. The number of rotatable bonds is 15. The van der Waals surface area contributed by atoms with Crippen LogP contribution in [0.2, 0.25) is 0 Å². The van der Waals surface area contributed by atoms with Crippen molar-refractivity contribution in [2.24, 2.45) is 11.5 Å². The van der Waals surface area contributed by atoms with Gasteiger partial charge in [-0.2, -0.15) is 0 Å². The zero-order valence-corrected chi connectivity index (χ0v) is 22.6. The summed E-state index contributed by atoms with van der Waals surface area (Å²) >= 11 is 0. The summed E-state index contributed by atoms with van der Waals surface area (Å²) in [5.41, 5.74) is 13.6. The largest absolute Gasteiger partial charge is 0.508 e. The predicted octanol–water partition coefficient (Wildman–Crippen LogP) is -1.22. The third kappa shape index (κ3) is 8.78. The molecule has 11 N–H and O–H groups in total. The number of carbonyl (C=O) groups excluding carboxylic acids is 4. The lowest BCUT2D eigenvalue weighted by atomic mass is 10.0. The molecule has 0 aliphatic heterocycles. The molecule has 4 unspecified atom stereocenters. The first-order valence-electron chi connectivity index (χ1n) is 13.1. The number of aliphatic carboxylic acids is 1. The van der Waals surface area contributed by atoms with Crippen molar-refractivity contribution in [2.45, 2.75) is 49.9 Å². The second-order valence-corrected chi connectivity index (χ2v) is 9.75. The molecule has 0 bridgehead atoms. The number of primary amides is 1. The average Bonchev–Trinajstić information content (AvgIpc) is 3.36. The van der Waals surface area contributed by atoms with Gasteiger partial charge in [-0.1, -0.05) is 30.3 Å². The summed E-state index contributed by atoms with van der Waals surface area (Å²) in [6.45, 7) is -0.911. The molecule has 42 heavy (non-hydrogen) atoms. The maximum atomic E-state index is 13.4. The fourth-order valence-electron chi connectivity index (χ4n) is 4.27. The van der Waals surface area contributed by atoms with Crippen LogP contribution in [0.25, 0.3) is 10.9 Å². The van der Waals surface area contributed by atoms with Crippen LogP contribution in [-0.2, 0) is 36.8 Å². The van der Waals surface area contributed by atoms with E-state index < -0.39 is 60.4 Å². The van der Waals surface area contributed by atoms with E-state index in [0.29, 0.717) is 5.56 Å². The van der Waals surface area contributed by atoms with Crippen molar-refractivity contribution in [1.82, 2.24) is 20.9 Å². The number of H-pyrrole nitrogens is 1. The molecule has 0 radical (unpaired) electrons. The quantitative estimate of drug-likeness (QED) is 0.104. The summed E-state index contributed by atoms with van der Waals surface area (Å²) < 4.78 is 0. The molecule has 2 aromatic carbocycles. The number of hydrogen-bond donors (Lipinski definition) is 9. The van der Waals surface area contributed by atoms with E-state index in [-0.39, 0.29) is 31.4 Å². The molecule has 4 atom stereocenters. The highest BCUT2D eigenvalue weighted by Gasteiger charge is 2.30. The summed E-state index contributed by atoms with van der Waals surface area (Å²) in [4.78, 5) is 65.2. The Hall–Kier alpha value is -4.95. The molecular formula is C28H34N6O8. The molecule has 14 nitrogen and oxygen atoms in total. The number of carboxylic acid groups (broad SMARTS) is 1. The molecule has 0 aliphatic rings. The van der Waals surface area contributed by atoms with Crippen molar-refractivity contribution in [3.05, 3.63) is 65.9 Å². The molecule has 0 aliphatic carbocycles. The minimum atomic E-state index is -1.65. The number of hydrogen-bond acceptors (Lipinski definition) is 8. The van der Waals surface area contributed by atoms with Gasteiger partial charge in [0.25, 0.3) is 0 Å². The molecule has 4 amide bonds. The van der Waals surface area contributed by atoms with E-state index >= 15 is 0 Å². The van der Waals surface area contributed by atoms with Crippen LogP contribution in [0.4, 0.5) is 0 Å². The first-order valence-corrected chi connectivity index (χ1v) is 13.1. The van der Waals surface area contributed by atoms with Gasteiger partial charge in [0.2, 0.25) is 23.6 Å². The molecule has 3 aromatic rings. The molecule has 0 fully saturated rings. The van der Waals surface area contributed by atoms with Crippen LogP contribution >= 0.6 is 0 Å². The van der Waals surface area contributed by atoms with Crippen LogP contribution in [0.3, 0.4) is 0 Å². The molecule has 0 saturated heterocycles. The Morgan fingerprint density at radius 2 is 1.45 bits per heavy atom. The lowest BCUT2D eigenvalue weighted by Crippen LogP contribution is -2.58. The minimum absolute atomic E-state index is 0.00964. The molecular weight excluding hydrogens is 548 g/mol. The van der Waals surface area contributed by atoms with Gasteiger partial charge in [0, 0.05) is 29.9 Å². The van der Waals surface area contributed by atoms with Crippen molar-refractivity contribution < 1.29 is 39.3 Å². The zero-order chi connectivity index (χ0) is 30.8. The van der Waals surface area contributed by atoms with Gasteiger partial charge in [0.05, 0.1) is 12.6 Å². The lowest BCUT2D eigenvalue weighted by molar-refractivity contribution is -0.143. The minimum Gasteiger partial charge on any atom is -0.508 e. The van der Waals surface area contributed by atoms with Gasteiger partial charge in [0.15, 0.2) is 0 Å². The number of amides is 4. The van der Waals surface area contributed by atoms with Gasteiger partial charge >= 0.3 is 5.97 Å².